The Morgan fingerprint density at radius 3 is 2.71 bits per heavy atom. The highest BCUT2D eigenvalue weighted by Crippen LogP contribution is 2.28. The topological polar surface area (TPSA) is 63.7 Å². The summed E-state index contributed by atoms with van der Waals surface area (Å²) in [5.41, 5.74) is 1.04. The Kier molecular flexibility index (Phi) is 4.88. The Hall–Kier alpha value is -1.56. The Labute approximate surface area is 126 Å². The molecule has 1 aliphatic heterocycles. The molecule has 5 nitrogen and oxygen atoms in total. The first-order valence-corrected chi connectivity index (χ1v) is 8.81. The molecule has 0 aromatic heterocycles. The van der Waals surface area contributed by atoms with Crippen LogP contribution in [0.5, 0.6) is 5.75 Å². The molecule has 1 aliphatic rings. The van der Waals surface area contributed by atoms with Crippen LogP contribution in [0.2, 0.25) is 0 Å². The van der Waals surface area contributed by atoms with Crippen molar-refractivity contribution in [3.05, 3.63) is 29.8 Å². The van der Waals surface area contributed by atoms with Crippen molar-refractivity contribution in [3.63, 3.8) is 0 Å². The minimum absolute atomic E-state index is 0.0438. The minimum Gasteiger partial charge on any atom is -0.483 e. The molecule has 1 saturated heterocycles. The summed E-state index contributed by atoms with van der Waals surface area (Å²) in [5.74, 6) is 0.525. The summed E-state index contributed by atoms with van der Waals surface area (Å²) in [6.07, 6.45) is 1.46. The molecule has 0 bridgehead atoms. The molecule has 0 saturated carbocycles. The second-order valence-corrected chi connectivity index (χ2v) is 7.28. The first-order chi connectivity index (χ1) is 9.95. The number of amides is 1. The van der Waals surface area contributed by atoms with Crippen LogP contribution < -0.4 is 4.74 Å². The molecule has 0 aliphatic carbocycles. The largest absolute Gasteiger partial charge is 0.483 e. The molecule has 0 unspecified atom stereocenters. The van der Waals surface area contributed by atoms with Gasteiger partial charge in [-0.1, -0.05) is 32.0 Å². The van der Waals surface area contributed by atoms with Crippen LogP contribution in [-0.4, -0.2) is 37.5 Å². The van der Waals surface area contributed by atoms with E-state index in [0.717, 1.165) is 16.3 Å². The van der Waals surface area contributed by atoms with Crippen molar-refractivity contribution in [1.82, 2.24) is 4.31 Å². The molecule has 1 aromatic rings. The van der Waals surface area contributed by atoms with E-state index in [4.69, 9.17) is 4.74 Å². The number of carbonyl (C=O) groups excluding carboxylic acids is 1. The van der Waals surface area contributed by atoms with Gasteiger partial charge in [-0.3, -0.25) is 4.79 Å². The number of rotatable bonds is 5. The van der Waals surface area contributed by atoms with Crippen LogP contribution in [0.25, 0.3) is 0 Å². The molecule has 116 valence electrons. The third kappa shape index (κ3) is 3.56. The SMILES string of the molecule is CC[C@H](C)c1ccccc1OCC(=O)N1CCCS1(=O)=O. The van der Waals surface area contributed by atoms with E-state index < -0.39 is 15.9 Å². The van der Waals surface area contributed by atoms with Gasteiger partial charge in [-0.05, 0) is 30.4 Å². The van der Waals surface area contributed by atoms with Crippen molar-refractivity contribution in [2.75, 3.05) is 18.9 Å². The van der Waals surface area contributed by atoms with Gasteiger partial charge >= 0.3 is 0 Å². The van der Waals surface area contributed by atoms with Crippen LogP contribution in [0.15, 0.2) is 24.3 Å². The van der Waals surface area contributed by atoms with Gasteiger partial charge in [0.1, 0.15) is 5.75 Å². The van der Waals surface area contributed by atoms with Crippen molar-refractivity contribution in [1.29, 1.82) is 0 Å². The van der Waals surface area contributed by atoms with Gasteiger partial charge in [0, 0.05) is 6.54 Å². The molecular formula is C15H21NO4S. The summed E-state index contributed by atoms with van der Waals surface area (Å²) in [5, 5.41) is 0. The zero-order chi connectivity index (χ0) is 15.5. The number of ether oxygens (including phenoxy) is 1. The smallest absolute Gasteiger partial charge is 0.273 e. The van der Waals surface area contributed by atoms with Gasteiger partial charge in [0.15, 0.2) is 6.61 Å². The molecule has 1 aromatic carbocycles. The first-order valence-electron chi connectivity index (χ1n) is 7.20. The maximum Gasteiger partial charge on any atom is 0.273 e. The average Bonchev–Trinajstić information content (AvgIpc) is 2.83. The Balaban J connectivity index is 2.05. The van der Waals surface area contributed by atoms with Crippen molar-refractivity contribution < 1.29 is 17.9 Å². The van der Waals surface area contributed by atoms with Crippen LogP contribution >= 0.6 is 0 Å². The zero-order valence-electron chi connectivity index (χ0n) is 12.4. The molecule has 21 heavy (non-hydrogen) atoms. The molecule has 1 fully saturated rings. The van der Waals surface area contributed by atoms with Crippen molar-refractivity contribution in [3.8, 4) is 5.75 Å². The average molecular weight is 311 g/mol. The highest BCUT2D eigenvalue weighted by molar-refractivity contribution is 7.89. The molecule has 0 radical (unpaired) electrons. The van der Waals surface area contributed by atoms with Gasteiger partial charge in [-0.25, -0.2) is 12.7 Å². The Morgan fingerprint density at radius 1 is 1.38 bits per heavy atom. The summed E-state index contributed by atoms with van der Waals surface area (Å²) in [4.78, 5) is 12.0. The fraction of sp³-hybridized carbons (Fsp3) is 0.533. The lowest BCUT2D eigenvalue weighted by Gasteiger charge is -2.18. The fourth-order valence-electron chi connectivity index (χ4n) is 2.37. The van der Waals surface area contributed by atoms with E-state index in [9.17, 15) is 13.2 Å². The summed E-state index contributed by atoms with van der Waals surface area (Å²) in [7, 11) is -3.42. The van der Waals surface area contributed by atoms with Crippen LogP contribution in [0, 0.1) is 0 Å². The lowest BCUT2D eigenvalue weighted by atomic mass is 9.98. The number of hydrogen-bond donors (Lipinski definition) is 0. The number of para-hydroxylation sites is 1. The highest BCUT2D eigenvalue weighted by Gasteiger charge is 2.32. The summed E-state index contributed by atoms with van der Waals surface area (Å²) >= 11 is 0. The van der Waals surface area contributed by atoms with Crippen LogP contribution in [0.1, 0.15) is 38.2 Å². The molecule has 2 rings (SSSR count). The highest BCUT2D eigenvalue weighted by atomic mass is 32.2. The normalized spacial score (nSPS) is 18.5. The van der Waals surface area contributed by atoms with E-state index in [1.807, 2.05) is 24.3 Å². The third-order valence-electron chi connectivity index (χ3n) is 3.79. The molecule has 1 heterocycles. The predicted octanol–water partition coefficient (Wildman–Crippen LogP) is 2.14. The monoisotopic (exact) mass is 311 g/mol. The van der Waals surface area contributed by atoms with E-state index in [1.165, 1.54) is 0 Å². The lowest BCUT2D eigenvalue weighted by molar-refractivity contribution is -0.128. The molecule has 6 heteroatoms. The van der Waals surface area contributed by atoms with Crippen molar-refractivity contribution in [2.45, 2.75) is 32.6 Å². The first kappa shape index (κ1) is 15.8. The van der Waals surface area contributed by atoms with Crippen LogP contribution in [0.3, 0.4) is 0 Å². The van der Waals surface area contributed by atoms with Gasteiger partial charge in [0.25, 0.3) is 5.91 Å². The minimum atomic E-state index is -3.42. The maximum atomic E-state index is 12.0. The second-order valence-electron chi connectivity index (χ2n) is 5.27. The second kappa shape index (κ2) is 6.47. The summed E-state index contributed by atoms with van der Waals surface area (Å²) in [6.45, 7) is 4.20. The van der Waals surface area contributed by atoms with Crippen LogP contribution in [0.4, 0.5) is 0 Å². The van der Waals surface area contributed by atoms with Gasteiger partial charge in [0.2, 0.25) is 10.0 Å². The molecule has 0 N–H and O–H groups in total. The summed E-state index contributed by atoms with van der Waals surface area (Å²) in [6, 6.07) is 7.56. The van der Waals surface area contributed by atoms with Crippen LogP contribution in [-0.2, 0) is 14.8 Å². The molecular weight excluding hydrogens is 290 g/mol. The number of benzene rings is 1. The lowest BCUT2D eigenvalue weighted by Crippen LogP contribution is -2.36. The van der Waals surface area contributed by atoms with E-state index in [-0.39, 0.29) is 18.9 Å². The fourth-order valence-corrected chi connectivity index (χ4v) is 3.85. The van der Waals surface area contributed by atoms with E-state index in [1.54, 1.807) is 0 Å². The number of hydrogen-bond acceptors (Lipinski definition) is 4. The molecule has 1 atom stereocenters. The Morgan fingerprint density at radius 2 is 2.10 bits per heavy atom. The molecule has 0 spiro atoms. The number of sulfonamides is 1. The van der Waals surface area contributed by atoms with Gasteiger partial charge in [-0.2, -0.15) is 0 Å². The number of nitrogens with zero attached hydrogens (tertiary/aromatic N) is 1. The van der Waals surface area contributed by atoms with E-state index >= 15 is 0 Å². The molecule has 1 amide bonds. The number of carbonyl (C=O) groups is 1. The van der Waals surface area contributed by atoms with E-state index in [2.05, 4.69) is 13.8 Å². The van der Waals surface area contributed by atoms with Gasteiger partial charge < -0.3 is 4.74 Å². The predicted molar refractivity (Wildman–Crippen MR) is 80.8 cm³/mol. The maximum absolute atomic E-state index is 12.0. The standard InChI is InChI=1S/C15H21NO4S/c1-3-12(2)13-7-4-5-8-14(13)20-11-15(17)16-9-6-10-21(16,18)19/h4-5,7-8,12H,3,6,9-11H2,1-2H3/t12-/m0/s1. The Bertz CT molecular complexity index is 612. The quantitative estimate of drug-likeness (QED) is 0.836. The van der Waals surface area contributed by atoms with Crippen molar-refractivity contribution in [2.24, 2.45) is 0 Å². The van der Waals surface area contributed by atoms with Gasteiger partial charge in [0.05, 0.1) is 5.75 Å². The summed E-state index contributed by atoms with van der Waals surface area (Å²) < 4.78 is 29.9. The third-order valence-corrected chi connectivity index (χ3v) is 5.65. The van der Waals surface area contributed by atoms with Crippen molar-refractivity contribution >= 4 is 15.9 Å². The van der Waals surface area contributed by atoms with E-state index in [0.29, 0.717) is 18.1 Å². The zero-order valence-corrected chi connectivity index (χ0v) is 13.2. The van der Waals surface area contributed by atoms with Gasteiger partial charge in [-0.15, -0.1) is 0 Å².